The predicted octanol–water partition coefficient (Wildman–Crippen LogP) is 2.61. The van der Waals surface area contributed by atoms with Crippen LogP contribution in [-0.4, -0.2) is 48.6 Å². The van der Waals surface area contributed by atoms with E-state index in [-0.39, 0.29) is 17.8 Å². The third kappa shape index (κ3) is 7.25. The minimum Gasteiger partial charge on any atom is -0.491 e. The number of carbonyl (C=O) groups excluding carboxylic acids is 1. The molecule has 0 heterocycles. The van der Waals surface area contributed by atoms with Gasteiger partial charge in [0.05, 0.1) is 0 Å². The SMILES string of the molecule is CC(=O)c1cccc(OCC(O)CN(C)CC(C)(C)C)c1. The minimum atomic E-state index is -0.557. The molecule has 1 rings (SSSR count). The molecule has 0 saturated carbocycles. The van der Waals surface area contributed by atoms with Crippen molar-refractivity contribution in [1.82, 2.24) is 4.90 Å². The summed E-state index contributed by atoms with van der Waals surface area (Å²) < 4.78 is 5.56. The summed E-state index contributed by atoms with van der Waals surface area (Å²) in [4.78, 5) is 13.4. The highest BCUT2D eigenvalue weighted by molar-refractivity contribution is 5.94. The summed E-state index contributed by atoms with van der Waals surface area (Å²) in [6.07, 6.45) is -0.557. The van der Waals surface area contributed by atoms with E-state index in [1.54, 1.807) is 24.3 Å². The van der Waals surface area contributed by atoms with Crippen LogP contribution in [0.5, 0.6) is 5.75 Å². The summed E-state index contributed by atoms with van der Waals surface area (Å²) >= 11 is 0. The zero-order chi connectivity index (χ0) is 16.0. The summed E-state index contributed by atoms with van der Waals surface area (Å²) in [5.74, 6) is 0.617. The molecule has 21 heavy (non-hydrogen) atoms. The van der Waals surface area contributed by atoms with Gasteiger partial charge < -0.3 is 14.7 Å². The Kier molecular flexibility index (Phi) is 6.37. The van der Waals surface area contributed by atoms with Crippen LogP contribution in [0.2, 0.25) is 0 Å². The molecular formula is C17H27NO3. The van der Waals surface area contributed by atoms with Crippen LogP contribution in [0.25, 0.3) is 0 Å². The van der Waals surface area contributed by atoms with Crippen molar-refractivity contribution in [3.63, 3.8) is 0 Å². The van der Waals surface area contributed by atoms with Crippen molar-refractivity contribution in [1.29, 1.82) is 0 Å². The quantitative estimate of drug-likeness (QED) is 0.785. The number of rotatable bonds is 7. The first-order valence-corrected chi connectivity index (χ1v) is 7.28. The molecule has 1 aromatic rings. The lowest BCUT2D eigenvalue weighted by Crippen LogP contribution is -2.37. The largest absolute Gasteiger partial charge is 0.491 e. The fourth-order valence-electron chi connectivity index (χ4n) is 2.28. The van der Waals surface area contributed by atoms with Gasteiger partial charge in [-0.25, -0.2) is 0 Å². The number of benzene rings is 1. The maximum Gasteiger partial charge on any atom is 0.159 e. The molecule has 0 spiro atoms. The van der Waals surface area contributed by atoms with Crippen LogP contribution >= 0.6 is 0 Å². The second-order valence-electron chi connectivity index (χ2n) is 6.81. The first-order valence-electron chi connectivity index (χ1n) is 7.28. The molecule has 0 fully saturated rings. The Balaban J connectivity index is 2.44. The van der Waals surface area contributed by atoms with Crippen molar-refractivity contribution in [2.24, 2.45) is 5.41 Å². The van der Waals surface area contributed by atoms with E-state index in [0.717, 1.165) is 6.54 Å². The molecular weight excluding hydrogens is 266 g/mol. The maximum absolute atomic E-state index is 11.3. The molecule has 0 saturated heterocycles. The number of ketones is 1. The van der Waals surface area contributed by atoms with Gasteiger partial charge in [0.1, 0.15) is 18.5 Å². The zero-order valence-corrected chi connectivity index (χ0v) is 13.7. The highest BCUT2D eigenvalue weighted by Gasteiger charge is 2.16. The maximum atomic E-state index is 11.3. The highest BCUT2D eigenvalue weighted by Crippen LogP contribution is 2.15. The van der Waals surface area contributed by atoms with E-state index in [1.165, 1.54) is 6.92 Å². The van der Waals surface area contributed by atoms with Crippen LogP contribution in [0.15, 0.2) is 24.3 Å². The third-order valence-corrected chi connectivity index (χ3v) is 2.95. The highest BCUT2D eigenvalue weighted by atomic mass is 16.5. The zero-order valence-electron chi connectivity index (χ0n) is 13.7. The smallest absolute Gasteiger partial charge is 0.159 e. The summed E-state index contributed by atoms with van der Waals surface area (Å²) in [5, 5.41) is 10.0. The molecule has 1 aromatic carbocycles. The summed E-state index contributed by atoms with van der Waals surface area (Å²) in [5.41, 5.74) is 0.817. The molecule has 0 radical (unpaired) electrons. The molecule has 1 atom stereocenters. The molecule has 0 aliphatic carbocycles. The molecule has 4 nitrogen and oxygen atoms in total. The monoisotopic (exact) mass is 293 g/mol. The number of carbonyl (C=O) groups is 1. The first-order chi connectivity index (χ1) is 9.67. The molecule has 1 unspecified atom stereocenters. The van der Waals surface area contributed by atoms with E-state index >= 15 is 0 Å². The summed E-state index contributed by atoms with van der Waals surface area (Å²) in [6, 6.07) is 7.03. The van der Waals surface area contributed by atoms with E-state index in [0.29, 0.717) is 17.9 Å². The summed E-state index contributed by atoms with van der Waals surface area (Å²) in [6.45, 7) is 9.71. The first kappa shape index (κ1) is 17.7. The fraction of sp³-hybridized carbons (Fsp3) is 0.588. The average Bonchev–Trinajstić information content (AvgIpc) is 2.34. The van der Waals surface area contributed by atoms with E-state index in [9.17, 15) is 9.90 Å². The number of aliphatic hydroxyl groups excluding tert-OH is 1. The van der Waals surface area contributed by atoms with Gasteiger partial charge in [-0.15, -0.1) is 0 Å². The number of ether oxygens (including phenoxy) is 1. The average molecular weight is 293 g/mol. The van der Waals surface area contributed by atoms with Crippen LogP contribution in [0.4, 0.5) is 0 Å². The van der Waals surface area contributed by atoms with E-state index in [4.69, 9.17) is 4.74 Å². The third-order valence-electron chi connectivity index (χ3n) is 2.95. The Labute approximate surface area is 127 Å². The molecule has 0 amide bonds. The number of Topliss-reactive ketones (excluding diaryl/α,β-unsaturated/α-hetero) is 1. The van der Waals surface area contributed by atoms with Crippen molar-refractivity contribution in [3.8, 4) is 5.75 Å². The van der Waals surface area contributed by atoms with Crippen LogP contribution in [0.1, 0.15) is 38.1 Å². The molecule has 0 bridgehead atoms. The Hall–Kier alpha value is -1.39. The standard InChI is InChI=1S/C17H27NO3/c1-13(19)14-7-6-8-16(9-14)21-11-15(20)10-18(5)12-17(2,3)4/h6-9,15,20H,10-12H2,1-5H3. The van der Waals surface area contributed by atoms with E-state index in [1.807, 2.05) is 7.05 Å². The Morgan fingerprint density at radius 1 is 1.38 bits per heavy atom. The van der Waals surface area contributed by atoms with Gasteiger partial charge >= 0.3 is 0 Å². The van der Waals surface area contributed by atoms with Crippen molar-refractivity contribution < 1.29 is 14.6 Å². The number of aliphatic hydroxyl groups is 1. The molecule has 0 aromatic heterocycles. The second-order valence-corrected chi connectivity index (χ2v) is 6.81. The Morgan fingerprint density at radius 3 is 2.62 bits per heavy atom. The lowest BCUT2D eigenvalue weighted by Gasteiger charge is -2.28. The molecule has 0 aliphatic heterocycles. The predicted molar refractivity (Wildman–Crippen MR) is 84.9 cm³/mol. The Bertz CT molecular complexity index is 465. The van der Waals surface area contributed by atoms with Gasteiger partial charge in [-0.3, -0.25) is 4.79 Å². The van der Waals surface area contributed by atoms with Crippen LogP contribution < -0.4 is 4.74 Å². The van der Waals surface area contributed by atoms with E-state index < -0.39 is 6.10 Å². The van der Waals surface area contributed by atoms with Gasteiger partial charge in [-0.2, -0.15) is 0 Å². The van der Waals surface area contributed by atoms with Crippen LogP contribution in [-0.2, 0) is 0 Å². The number of nitrogens with zero attached hydrogens (tertiary/aromatic N) is 1. The van der Waals surface area contributed by atoms with Crippen LogP contribution in [0, 0.1) is 5.41 Å². The topological polar surface area (TPSA) is 49.8 Å². The lowest BCUT2D eigenvalue weighted by atomic mass is 9.96. The van der Waals surface area contributed by atoms with Gasteiger partial charge in [-0.05, 0) is 31.5 Å². The fourth-order valence-corrected chi connectivity index (χ4v) is 2.28. The van der Waals surface area contributed by atoms with E-state index in [2.05, 4.69) is 25.7 Å². The van der Waals surface area contributed by atoms with Crippen molar-refractivity contribution >= 4 is 5.78 Å². The van der Waals surface area contributed by atoms with Crippen molar-refractivity contribution in [3.05, 3.63) is 29.8 Å². The summed E-state index contributed by atoms with van der Waals surface area (Å²) in [7, 11) is 1.99. The number of hydrogen-bond acceptors (Lipinski definition) is 4. The number of likely N-dealkylation sites (N-methyl/N-ethyl adjacent to an activating group) is 1. The normalized spacial score (nSPS) is 13.3. The molecule has 1 N–H and O–H groups in total. The van der Waals surface area contributed by atoms with Crippen molar-refractivity contribution in [2.45, 2.75) is 33.8 Å². The lowest BCUT2D eigenvalue weighted by molar-refractivity contribution is 0.0667. The van der Waals surface area contributed by atoms with Gasteiger partial charge in [0.25, 0.3) is 0 Å². The molecule has 118 valence electrons. The van der Waals surface area contributed by atoms with Gasteiger partial charge in [0.2, 0.25) is 0 Å². The van der Waals surface area contributed by atoms with Gasteiger partial charge in [-0.1, -0.05) is 32.9 Å². The molecule has 4 heteroatoms. The van der Waals surface area contributed by atoms with Gasteiger partial charge in [0.15, 0.2) is 5.78 Å². The minimum absolute atomic E-state index is 0.00547. The second kappa shape index (κ2) is 7.57. The molecule has 0 aliphatic rings. The van der Waals surface area contributed by atoms with Gasteiger partial charge in [0, 0.05) is 18.7 Å². The Morgan fingerprint density at radius 2 is 2.05 bits per heavy atom. The van der Waals surface area contributed by atoms with Crippen molar-refractivity contribution in [2.75, 3.05) is 26.7 Å². The van der Waals surface area contributed by atoms with Crippen LogP contribution in [0.3, 0.4) is 0 Å². The number of hydrogen-bond donors (Lipinski definition) is 1.